The Labute approximate surface area is 79.6 Å². The third kappa shape index (κ3) is 2.34. The maximum atomic E-state index is 2.36. The molecule has 0 aromatic carbocycles. The van der Waals surface area contributed by atoms with E-state index in [0.29, 0.717) is 5.41 Å². The molecule has 0 saturated carbocycles. The Hall–Kier alpha value is -0.300. The molecule has 0 saturated heterocycles. The van der Waals surface area contributed by atoms with Crippen LogP contribution in [0.4, 0.5) is 0 Å². The van der Waals surface area contributed by atoms with Crippen LogP contribution in [0, 0.1) is 0 Å². The van der Waals surface area contributed by atoms with Crippen molar-refractivity contribution in [3.05, 3.63) is 21.9 Å². The van der Waals surface area contributed by atoms with Crippen molar-refractivity contribution in [2.75, 3.05) is 0 Å². The molecule has 0 aliphatic carbocycles. The predicted molar refractivity (Wildman–Crippen MR) is 57.0 cm³/mol. The van der Waals surface area contributed by atoms with Crippen LogP contribution in [0.15, 0.2) is 11.4 Å². The van der Waals surface area contributed by atoms with Gasteiger partial charge in [-0.25, -0.2) is 0 Å². The maximum Gasteiger partial charge on any atom is 0.00481 e. The van der Waals surface area contributed by atoms with Crippen molar-refractivity contribution < 1.29 is 0 Å². The summed E-state index contributed by atoms with van der Waals surface area (Å²) in [6.45, 7) is 9.04. The highest BCUT2D eigenvalue weighted by molar-refractivity contribution is 7.10. The molecule has 0 N–H and O–H groups in total. The fourth-order valence-electron chi connectivity index (χ4n) is 1.15. The molecule has 0 atom stereocenters. The van der Waals surface area contributed by atoms with Crippen molar-refractivity contribution in [2.45, 2.75) is 46.0 Å². The lowest BCUT2D eigenvalue weighted by Crippen LogP contribution is -2.08. The summed E-state index contributed by atoms with van der Waals surface area (Å²) in [7, 11) is 0. The van der Waals surface area contributed by atoms with Crippen LogP contribution in [0.1, 0.15) is 44.6 Å². The van der Waals surface area contributed by atoms with E-state index in [1.54, 1.807) is 0 Å². The molecule has 0 amide bonds. The maximum absolute atomic E-state index is 2.36. The van der Waals surface area contributed by atoms with Gasteiger partial charge in [-0.2, -0.15) is 0 Å². The largest absolute Gasteiger partial charge is 0.149 e. The minimum Gasteiger partial charge on any atom is -0.149 e. The smallest absolute Gasteiger partial charge is 0.00481 e. The molecule has 0 aliphatic rings. The lowest BCUT2D eigenvalue weighted by Gasteiger charge is -2.15. The normalized spacial score (nSPS) is 12.0. The van der Waals surface area contributed by atoms with E-state index in [2.05, 4.69) is 39.1 Å². The lowest BCUT2D eigenvalue weighted by molar-refractivity contribution is 0.592. The van der Waals surface area contributed by atoms with E-state index >= 15 is 0 Å². The number of hydrogen-bond donors (Lipinski definition) is 0. The third-order valence-corrected chi connectivity index (χ3v) is 3.01. The SMILES string of the molecule is CCCc1cc(C(C)(C)C)cs1. The van der Waals surface area contributed by atoms with Gasteiger partial charge in [0.1, 0.15) is 0 Å². The highest BCUT2D eigenvalue weighted by Gasteiger charge is 2.14. The Morgan fingerprint density at radius 2 is 2.00 bits per heavy atom. The fraction of sp³-hybridized carbons (Fsp3) is 0.636. The van der Waals surface area contributed by atoms with Gasteiger partial charge in [-0.15, -0.1) is 11.3 Å². The van der Waals surface area contributed by atoms with Gasteiger partial charge in [-0.05, 0) is 28.8 Å². The van der Waals surface area contributed by atoms with Gasteiger partial charge in [-0.3, -0.25) is 0 Å². The second-order valence-electron chi connectivity index (χ2n) is 4.30. The molecular formula is C11H18S. The monoisotopic (exact) mass is 182 g/mol. The van der Waals surface area contributed by atoms with Crippen LogP contribution in [-0.2, 0) is 11.8 Å². The molecule has 0 bridgehead atoms. The Morgan fingerprint density at radius 3 is 2.42 bits per heavy atom. The quantitative estimate of drug-likeness (QED) is 0.648. The predicted octanol–water partition coefficient (Wildman–Crippen LogP) is 4.00. The van der Waals surface area contributed by atoms with Crippen LogP contribution in [-0.4, -0.2) is 0 Å². The number of rotatable bonds is 2. The Bertz CT molecular complexity index is 240. The summed E-state index contributed by atoms with van der Waals surface area (Å²) in [5, 5.41) is 2.30. The molecule has 1 aromatic rings. The molecule has 1 aromatic heterocycles. The van der Waals surface area contributed by atoms with Gasteiger partial charge in [0.2, 0.25) is 0 Å². The zero-order valence-corrected chi connectivity index (χ0v) is 9.29. The van der Waals surface area contributed by atoms with Crippen molar-refractivity contribution in [1.82, 2.24) is 0 Å². The summed E-state index contributed by atoms with van der Waals surface area (Å²) >= 11 is 1.90. The fourth-order valence-corrected chi connectivity index (χ4v) is 2.37. The first-order valence-electron chi connectivity index (χ1n) is 4.62. The van der Waals surface area contributed by atoms with Gasteiger partial charge in [0.05, 0.1) is 0 Å². The van der Waals surface area contributed by atoms with E-state index in [0.717, 1.165) is 0 Å². The molecule has 68 valence electrons. The Morgan fingerprint density at radius 1 is 1.33 bits per heavy atom. The van der Waals surface area contributed by atoms with Crippen LogP contribution in [0.25, 0.3) is 0 Å². The molecule has 0 radical (unpaired) electrons. The summed E-state index contributed by atoms with van der Waals surface area (Å²) in [6.07, 6.45) is 2.49. The average molecular weight is 182 g/mol. The minimum absolute atomic E-state index is 0.322. The minimum atomic E-state index is 0.322. The Balaban J connectivity index is 2.77. The van der Waals surface area contributed by atoms with Crippen molar-refractivity contribution >= 4 is 11.3 Å². The summed E-state index contributed by atoms with van der Waals surface area (Å²) in [4.78, 5) is 1.53. The average Bonchev–Trinajstić information content (AvgIpc) is 2.35. The van der Waals surface area contributed by atoms with Gasteiger partial charge in [0.15, 0.2) is 0 Å². The molecule has 1 heterocycles. The molecule has 0 spiro atoms. The topological polar surface area (TPSA) is 0 Å². The van der Waals surface area contributed by atoms with Gasteiger partial charge in [0.25, 0.3) is 0 Å². The van der Waals surface area contributed by atoms with E-state index in [1.165, 1.54) is 23.3 Å². The summed E-state index contributed by atoms with van der Waals surface area (Å²) in [5.74, 6) is 0. The molecular weight excluding hydrogens is 164 g/mol. The van der Waals surface area contributed by atoms with Gasteiger partial charge < -0.3 is 0 Å². The van der Waals surface area contributed by atoms with Crippen molar-refractivity contribution in [3.63, 3.8) is 0 Å². The van der Waals surface area contributed by atoms with E-state index in [4.69, 9.17) is 0 Å². The van der Waals surface area contributed by atoms with E-state index in [1.807, 2.05) is 11.3 Å². The van der Waals surface area contributed by atoms with Crippen molar-refractivity contribution in [2.24, 2.45) is 0 Å². The van der Waals surface area contributed by atoms with Crippen LogP contribution in [0.2, 0.25) is 0 Å². The van der Waals surface area contributed by atoms with E-state index < -0.39 is 0 Å². The summed E-state index contributed by atoms with van der Waals surface area (Å²) in [6, 6.07) is 2.36. The van der Waals surface area contributed by atoms with Crippen molar-refractivity contribution in [3.8, 4) is 0 Å². The van der Waals surface area contributed by atoms with Crippen molar-refractivity contribution in [1.29, 1.82) is 0 Å². The molecule has 1 heteroatoms. The van der Waals surface area contributed by atoms with Gasteiger partial charge in [-0.1, -0.05) is 34.1 Å². The highest BCUT2D eigenvalue weighted by atomic mass is 32.1. The molecule has 0 nitrogen and oxygen atoms in total. The van der Waals surface area contributed by atoms with Crippen LogP contribution in [0.3, 0.4) is 0 Å². The lowest BCUT2D eigenvalue weighted by atomic mass is 9.89. The molecule has 0 fully saturated rings. The number of hydrogen-bond acceptors (Lipinski definition) is 1. The highest BCUT2D eigenvalue weighted by Crippen LogP contribution is 2.27. The van der Waals surface area contributed by atoms with E-state index in [-0.39, 0.29) is 0 Å². The van der Waals surface area contributed by atoms with Crippen LogP contribution >= 0.6 is 11.3 Å². The van der Waals surface area contributed by atoms with Gasteiger partial charge in [0, 0.05) is 4.88 Å². The van der Waals surface area contributed by atoms with E-state index in [9.17, 15) is 0 Å². The molecule has 0 unspecified atom stereocenters. The third-order valence-electron chi connectivity index (χ3n) is 2.02. The molecule has 12 heavy (non-hydrogen) atoms. The van der Waals surface area contributed by atoms with Gasteiger partial charge >= 0.3 is 0 Å². The second kappa shape index (κ2) is 3.61. The number of thiophene rings is 1. The Kier molecular flexibility index (Phi) is 2.94. The first-order chi connectivity index (χ1) is 5.54. The number of aryl methyl sites for hydroxylation is 1. The second-order valence-corrected chi connectivity index (χ2v) is 5.30. The summed E-state index contributed by atoms with van der Waals surface area (Å²) < 4.78 is 0. The summed E-state index contributed by atoms with van der Waals surface area (Å²) in [5.41, 5.74) is 1.80. The first kappa shape index (κ1) is 9.79. The van der Waals surface area contributed by atoms with Crippen LogP contribution in [0.5, 0.6) is 0 Å². The first-order valence-corrected chi connectivity index (χ1v) is 5.50. The van der Waals surface area contributed by atoms with Crippen LogP contribution < -0.4 is 0 Å². The zero-order chi connectivity index (χ0) is 9.19. The standard InChI is InChI=1S/C11H18S/c1-5-6-10-7-9(8-12-10)11(2,3)4/h7-8H,5-6H2,1-4H3. The zero-order valence-electron chi connectivity index (χ0n) is 8.48. The molecule has 0 aliphatic heterocycles. The molecule has 1 rings (SSSR count).